The van der Waals surface area contributed by atoms with Crippen molar-refractivity contribution in [3.05, 3.63) is 49.6 Å². The van der Waals surface area contributed by atoms with Gasteiger partial charge in [0.25, 0.3) is 0 Å². The van der Waals surface area contributed by atoms with Gasteiger partial charge in [0.15, 0.2) is 0 Å². The molecular formula is C13H13BrClNS. The fourth-order valence-corrected chi connectivity index (χ4v) is 3.02. The van der Waals surface area contributed by atoms with Crippen molar-refractivity contribution < 1.29 is 0 Å². The molecule has 2 rings (SSSR count). The molecule has 0 aliphatic rings. The van der Waals surface area contributed by atoms with Crippen molar-refractivity contribution >= 4 is 44.6 Å². The molecule has 0 radical (unpaired) electrons. The van der Waals surface area contributed by atoms with Gasteiger partial charge in [0.05, 0.1) is 0 Å². The molecule has 0 spiro atoms. The van der Waals surface area contributed by atoms with Gasteiger partial charge in [-0.25, -0.2) is 0 Å². The van der Waals surface area contributed by atoms with Gasteiger partial charge in [-0.05, 0) is 69.4 Å². The van der Waals surface area contributed by atoms with E-state index in [1.807, 2.05) is 19.1 Å². The summed E-state index contributed by atoms with van der Waals surface area (Å²) < 4.78 is 1.06. The van der Waals surface area contributed by atoms with Crippen molar-refractivity contribution in [1.82, 2.24) is 0 Å². The lowest BCUT2D eigenvalue weighted by Crippen LogP contribution is -2.05. The van der Waals surface area contributed by atoms with E-state index < -0.39 is 0 Å². The van der Waals surface area contributed by atoms with Gasteiger partial charge in [0.1, 0.15) is 0 Å². The van der Waals surface area contributed by atoms with Crippen LogP contribution in [0.2, 0.25) is 5.02 Å². The van der Waals surface area contributed by atoms with Crippen LogP contribution in [0.15, 0.2) is 33.4 Å². The fraction of sp³-hybridized carbons (Fsp3) is 0.231. The van der Waals surface area contributed by atoms with Gasteiger partial charge in [-0.2, -0.15) is 11.3 Å². The van der Waals surface area contributed by atoms with Gasteiger partial charge in [-0.15, -0.1) is 0 Å². The second kappa shape index (κ2) is 5.89. The first-order valence-electron chi connectivity index (χ1n) is 5.37. The molecule has 17 heavy (non-hydrogen) atoms. The highest BCUT2D eigenvalue weighted by Crippen LogP contribution is 2.29. The fourth-order valence-electron chi connectivity index (χ4n) is 1.56. The van der Waals surface area contributed by atoms with Gasteiger partial charge in [0, 0.05) is 21.7 Å². The second-order valence-corrected chi connectivity index (χ2v) is 5.93. The predicted octanol–water partition coefficient (Wildman–Crippen LogP) is 5.13. The zero-order valence-corrected chi connectivity index (χ0v) is 12.6. The number of nitrogens with one attached hydrogen (secondary N) is 1. The van der Waals surface area contributed by atoms with Gasteiger partial charge in [0.2, 0.25) is 0 Å². The van der Waals surface area contributed by atoms with Crippen LogP contribution in [-0.4, -0.2) is 6.54 Å². The summed E-state index contributed by atoms with van der Waals surface area (Å²) in [5, 5.41) is 8.47. The summed E-state index contributed by atoms with van der Waals surface area (Å²) in [4.78, 5) is 0. The van der Waals surface area contributed by atoms with Gasteiger partial charge < -0.3 is 5.32 Å². The molecule has 0 aliphatic heterocycles. The molecule has 4 heteroatoms. The average molecular weight is 331 g/mol. The van der Waals surface area contributed by atoms with Crippen LogP contribution in [0.1, 0.15) is 11.1 Å². The highest BCUT2D eigenvalue weighted by Gasteiger charge is 2.03. The minimum atomic E-state index is 0.797. The van der Waals surface area contributed by atoms with Crippen LogP contribution < -0.4 is 5.32 Å². The third kappa shape index (κ3) is 3.47. The molecule has 2 aromatic rings. The van der Waals surface area contributed by atoms with Crippen molar-refractivity contribution in [2.24, 2.45) is 0 Å². The minimum Gasteiger partial charge on any atom is -0.384 e. The van der Waals surface area contributed by atoms with Crippen molar-refractivity contribution in [3.63, 3.8) is 0 Å². The molecule has 1 aromatic heterocycles. The lowest BCUT2D eigenvalue weighted by Gasteiger charge is -2.10. The number of halogens is 2. The van der Waals surface area contributed by atoms with Gasteiger partial charge >= 0.3 is 0 Å². The normalized spacial score (nSPS) is 10.5. The molecule has 1 aromatic carbocycles. The number of aryl methyl sites for hydroxylation is 1. The van der Waals surface area contributed by atoms with Crippen LogP contribution in [0.4, 0.5) is 5.69 Å². The Balaban J connectivity index is 1.97. The molecule has 0 aliphatic carbocycles. The second-order valence-electron chi connectivity index (χ2n) is 3.89. The van der Waals surface area contributed by atoms with E-state index in [4.69, 9.17) is 11.6 Å². The Bertz CT molecular complexity index is 496. The van der Waals surface area contributed by atoms with Crippen molar-refractivity contribution in [3.8, 4) is 0 Å². The van der Waals surface area contributed by atoms with Crippen molar-refractivity contribution in [2.45, 2.75) is 13.3 Å². The number of hydrogen-bond acceptors (Lipinski definition) is 2. The van der Waals surface area contributed by atoms with E-state index in [0.717, 1.165) is 33.7 Å². The summed E-state index contributed by atoms with van der Waals surface area (Å²) in [7, 11) is 0. The third-order valence-corrected chi connectivity index (χ3v) is 4.35. The third-order valence-electron chi connectivity index (χ3n) is 2.56. The minimum absolute atomic E-state index is 0.797. The molecule has 1 nitrogen and oxygen atoms in total. The van der Waals surface area contributed by atoms with E-state index >= 15 is 0 Å². The number of benzene rings is 1. The number of hydrogen-bond donors (Lipinski definition) is 1. The summed E-state index contributed by atoms with van der Waals surface area (Å²) in [5.74, 6) is 0. The summed E-state index contributed by atoms with van der Waals surface area (Å²) >= 11 is 11.4. The Morgan fingerprint density at radius 2 is 2.24 bits per heavy atom. The maximum absolute atomic E-state index is 6.11. The van der Waals surface area contributed by atoms with E-state index in [2.05, 4.69) is 38.1 Å². The lowest BCUT2D eigenvalue weighted by molar-refractivity contribution is 1.03. The monoisotopic (exact) mass is 329 g/mol. The molecule has 1 heterocycles. The molecule has 0 bridgehead atoms. The first kappa shape index (κ1) is 12.9. The van der Waals surface area contributed by atoms with Crippen molar-refractivity contribution in [2.75, 3.05) is 11.9 Å². The molecule has 0 amide bonds. The topological polar surface area (TPSA) is 12.0 Å². The predicted molar refractivity (Wildman–Crippen MR) is 80.4 cm³/mol. The molecule has 0 atom stereocenters. The highest BCUT2D eigenvalue weighted by atomic mass is 79.9. The van der Waals surface area contributed by atoms with E-state index in [9.17, 15) is 0 Å². The quantitative estimate of drug-likeness (QED) is 0.819. The van der Waals surface area contributed by atoms with E-state index in [-0.39, 0.29) is 0 Å². The van der Waals surface area contributed by atoms with E-state index in [0.29, 0.717) is 0 Å². The largest absolute Gasteiger partial charge is 0.384 e. The zero-order valence-electron chi connectivity index (χ0n) is 9.47. The van der Waals surface area contributed by atoms with E-state index in [1.54, 1.807) is 11.3 Å². The van der Waals surface area contributed by atoms with Crippen molar-refractivity contribution in [1.29, 1.82) is 0 Å². The Morgan fingerprint density at radius 1 is 1.41 bits per heavy atom. The van der Waals surface area contributed by atoms with Crippen LogP contribution >= 0.6 is 38.9 Å². The number of rotatable bonds is 4. The maximum Gasteiger partial charge on any atom is 0.0499 e. The molecule has 0 fully saturated rings. The number of thiophene rings is 1. The summed E-state index contributed by atoms with van der Waals surface area (Å²) in [6.07, 6.45) is 1.03. The molecule has 1 N–H and O–H groups in total. The smallest absolute Gasteiger partial charge is 0.0499 e. The first-order chi connectivity index (χ1) is 8.16. The van der Waals surface area contributed by atoms with Crippen LogP contribution in [0.25, 0.3) is 0 Å². The highest BCUT2D eigenvalue weighted by molar-refractivity contribution is 9.10. The molecule has 0 unspecified atom stereocenters. The van der Waals surface area contributed by atoms with Crippen LogP contribution in [0.5, 0.6) is 0 Å². The molecule has 90 valence electrons. The number of anilines is 1. The summed E-state index contributed by atoms with van der Waals surface area (Å²) in [6, 6.07) is 6.16. The van der Waals surface area contributed by atoms with E-state index in [1.165, 1.54) is 5.56 Å². The molecule has 0 saturated carbocycles. The SMILES string of the molecule is Cc1cc(Br)c(NCCc2ccsc2)cc1Cl. The van der Waals surface area contributed by atoms with Crippen LogP contribution in [0.3, 0.4) is 0 Å². The average Bonchev–Trinajstić information content (AvgIpc) is 2.78. The lowest BCUT2D eigenvalue weighted by atomic mass is 10.2. The Hall–Kier alpha value is -0.510. The molecule has 0 saturated heterocycles. The Kier molecular flexibility index (Phi) is 4.48. The van der Waals surface area contributed by atoms with Gasteiger partial charge in [-0.3, -0.25) is 0 Å². The maximum atomic E-state index is 6.11. The van der Waals surface area contributed by atoms with Crippen LogP contribution in [-0.2, 0) is 6.42 Å². The molecular weight excluding hydrogens is 318 g/mol. The Morgan fingerprint density at radius 3 is 2.94 bits per heavy atom. The van der Waals surface area contributed by atoms with Gasteiger partial charge in [-0.1, -0.05) is 11.6 Å². The zero-order chi connectivity index (χ0) is 12.3. The summed E-state index contributed by atoms with van der Waals surface area (Å²) in [6.45, 7) is 2.91. The van der Waals surface area contributed by atoms with Crippen LogP contribution in [0, 0.1) is 6.92 Å². The first-order valence-corrected chi connectivity index (χ1v) is 7.49. The standard InChI is InChI=1S/C13H13BrClNS/c1-9-6-11(14)13(7-12(9)15)16-4-2-10-3-5-17-8-10/h3,5-8,16H,2,4H2,1H3. The Labute approximate surface area is 119 Å². The summed E-state index contributed by atoms with van der Waals surface area (Å²) in [5.41, 5.74) is 3.51.